The summed E-state index contributed by atoms with van der Waals surface area (Å²) < 4.78 is 18.2. The second-order valence-corrected chi connectivity index (χ2v) is 6.08. The second-order valence-electron chi connectivity index (χ2n) is 5.33. The molecule has 20 heavy (non-hydrogen) atoms. The third kappa shape index (κ3) is 3.81. The van der Waals surface area contributed by atoms with Gasteiger partial charge in [-0.05, 0) is 38.5 Å². The zero-order valence-electron chi connectivity index (χ0n) is 11.6. The Kier molecular flexibility index (Phi) is 4.09. The topological polar surface area (TPSA) is 38.3 Å². The van der Waals surface area contributed by atoms with E-state index in [4.69, 9.17) is 4.74 Å². The number of hydrogen-bond donors (Lipinski definition) is 1. The molecule has 0 aliphatic rings. The lowest BCUT2D eigenvalue weighted by Gasteiger charge is -2.19. The Labute approximate surface area is 121 Å². The van der Waals surface area contributed by atoms with E-state index in [1.165, 1.54) is 23.5 Å². The molecule has 1 amide bonds. The minimum atomic E-state index is -0.545. The zero-order chi connectivity index (χ0) is 14.8. The van der Waals surface area contributed by atoms with Crippen LogP contribution in [0.15, 0.2) is 35.0 Å². The van der Waals surface area contributed by atoms with Gasteiger partial charge in [-0.2, -0.15) is 0 Å². The van der Waals surface area contributed by atoms with E-state index in [0.717, 1.165) is 11.1 Å². The Hall–Kier alpha value is -1.88. The standard InChI is InChI=1S/C15H16FNO2S/c1-15(2,3)19-14(18)17-13-9-20-8-12(13)10-4-6-11(16)7-5-10/h4-9H,1-3H3,(H,17,18). The number of amides is 1. The van der Waals surface area contributed by atoms with Gasteiger partial charge in [0.25, 0.3) is 0 Å². The SMILES string of the molecule is CC(C)(C)OC(=O)Nc1cscc1-c1ccc(F)cc1. The molecule has 0 spiro atoms. The van der Waals surface area contributed by atoms with Crippen molar-refractivity contribution in [2.45, 2.75) is 26.4 Å². The van der Waals surface area contributed by atoms with Crippen LogP contribution in [0, 0.1) is 5.82 Å². The molecular weight excluding hydrogens is 277 g/mol. The lowest BCUT2D eigenvalue weighted by molar-refractivity contribution is 0.0636. The summed E-state index contributed by atoms with van der Waals surface area (Å²) in [6.07, 6.45) is -0.501. The third-order valence-electron chi connectivity index (χ3n) is 2.45. The van der Waals surface area contributed by atoms with Gasteiger partial charge in [-0.15, -0.1) is 11.3 Å². The molecule has 0 fully saturated rings. The van der Waals surface area contributed by atoms with Gasteiger partial charge in [0.15, 0.2) is 0 Å². The van der Waals surface area contributed by atoms with E-state index in [2.05, 4.69) is 5.32 Å². The molecule has 0 atom stereocenters. The predicted octanol–water partition coefficient (Wildman–Crippen LogP) is 4.90. The molecule has 0 unspecified atom stereocenters. The molecule has 0 bridgehead atoms. The van der Waals surface area contributed by atoms with Crippen molar-refractivity contribution in [2.75, 3.05) is 5.32 Å². The zero-order valence-corrected chi connectivity index (χ0v) is 12.4. The number of carbonyl (C=O) groups excluding carboxylic acids is 1. The number of rotatable bonds is 2. The van der Waals surface area contributed by atoms with E-state index in [1.807, 2.05) is 10.8 Å². The van der Waals surface area contributed by atoms with E-state index >= 15 is 0 Å². The molecule has 1 heterocycles. The van der Waals surface area contributed by atoms with Gasteiger partial charge in [0, 0.05) is 16.3 Å². The van der Waals surface area contributed by atoms with Crippen LogP contribution in [0.25, 0.3) is 11.1 Å². The fourth-order valence-corrected chi connectivity index (χ4v) is 2.45. The van der Waals surface area contributed by atoms with E-state index in [9.17, 15) is 9.18 Å². The highest BCUT2D eigenvalue weighted by Crippen LogP contribution is 2.32. The van der Waals surface area contributed by atoms with Crippen LogP contribution in [0.4, 0.5) is 14.9 Å². The van der Waals surface area contributed by atoms with Gasteiger partial charge < -0.3 is 4.74 Å². The van der Waals surface area contributed by atoms with Crippen molar-refractivity contribution in [2.24, 2.45) is 0 Å². The van der Waals surface area contributed by atoms with Crippen LogP contribution in [0.3, 0.4) is 0 Å². The maximum atomic E-state index is 12.9. The van der Waals surface area contributed by atoms with Gasteiger partial charge >= 0.3 is 6.09 Å². The summed E-state index contributed by atoms with van der Waals surface area (Å²) in [7, 11) is 0. The van der Waals surface area contributed by atoms with Crippen LogP contribution in [0.1, 0.15) is 20.8 Å². The first-order chi connectivity index (χ1) is 9.35. The largest absolute Gasteiger partial charge is 0.444 e. The number of hydrogen-bond acceptors (Lipinski definition) is 3. The van der Waals surface area contributed by atoms with Crippen LogP contribution in [-0.2, 0) is 4.74 Å². The number of benzene rings is 1. The summed E-state index contributed by atoms with van der Waals surface area (Å²) in [5, 5.41) is 6.44. The maximum Gasteiger partial charge on any atom is 0.412 e. The van der Waals surface area contributed by atoms with Crippen molar-refractivity contribution in [3.63, 3.8) is 0 Å². The van der Waals surface area contributed by atoms with Crippen molar-refractivity contribution >= 4 is 23.1 Å². The molecule has 0 aliphatic carbocycles. The molecule has 106 valence electrons. The normalized spacial score (nSPS) is 11.2. The molecule has 0 saturated carbocycles. The number of thiophene rings is 1. The number of ether oxygens (including phenoxy) is 1. The highest BCUT2D eigenvalue weighted by Gasteiger charge is 2.17. The minimum absolute atomic E-state index is 0.286. The Bertz CT molecular complexity index is 599. The lowest BCUT2D eigenvalue weighted by Crippen LogP contribution is -2.27. The first-order valence-electron chi connectivity index (χ1n) is 6.17. The molecule has 1 aromatic heterocycles. The molecule has 1 aromatic carbocycles. The average molecular weight is 293 g/mol. The smallest absolute Gasteiger partial charge is 0.412 e. The predicted molar refractivity (Wildman–Crippen MR) is 79.6 cm³/mol. The van der Waals surface area contributed by atoms with Gasteiger partial charge in [0.1, 0.15) is 11.4 Å². The summed E-state index contributed by atoms with van der Waals surface area (Å²) in [5.74, 6) is -0.286. The molecule has 0 radical (unpaired) electrons. The van der Waals surface area contributed by atoms with Crippen molar-refractivity contribution < 1.29 is 13.9 Å². The van der Waals surface area contributed by atoms with Gasteiger partial charge in [0.2, 0.25) is 0 Å². The average Bonchev–Trinajstić information content (AvgIpc) is 2.75. The maximum absolute atomic E-state index is 12.9. The molecule has 0 saturated heterocycles. The highest BCUT2D eigenvalue weighted by molar-refractivity contribution is 7.08. The quantitative estimate of drug-likeness (QED) is 0.855. The molecule has 0 aliphatic heterocycles. The Morgan fingerprint density at radius 1 is 1.20 bits per heavy atom. The summed E-state index contributed by atoms with van der Waals surface area (Å²) in [4.78, 5) is 11.8. The van der Waals surface area contributed by atoms with Gasteiger partial charge in [-0.1, -0.05) is 12.1 Å². The van der Waals surface area contributed by atoms with E-state index in [-0.39, 0.29) is 5.82 Å². The number of anilines is 1. The number of halogens is 1. The molecule has 1 N–H and O–H groups in total. The van der Waals surface area contributed by atoms with Crippen LogP contribution in [-0.4, -0.2) is 11.7 Å². The van der Waals surface area contributed by atoms with Crippen molar-refractivity contribution in [3.8, 4) is 11.1 Å². The fraction of sp³-hybridized carbons (Fsp3) is 0.267. The number of carbonyl (C=O) groups is 1. The third-order valence-corrected chi connectivity index (χ3v) is 3.20. The molecule has 2 rings (SSSR count). The summed E-state index contributed by atoms with van der Waals surface area (Å²) >= 11 is 1.46. The molecule has 5 heteroatoms. The van der Waals surface area contributed by atoms with Crippen molar-refractivity contribution in [3.05, 3.63) is 40.8 Å². The van der Waals surface area contributed by atoms with E-state index in [1.54, 1.807) is 32.9 Å². The molecular formula is C15H16FNO2S. The van der Waals surface area contributed by atoms with Gasteiger partial charge in [-0.3, -0.25) is 5.32 Å². The fourth-order valence-electron chi connectivity index (χ4n) is 1.66. The Morgan fingerprint density at radius 2 is 1.85 bits per heavy atom. The van der Waals surface area contributed by atoms with Gasteiger partial charge in [-0.25, -0.2) is 9.18 Å². The lowest BCUT2D eigenvalue weighted by atomic mass is 10.1. The summed E-state index contributed by atoms with van der Waals surface area (Å²) in [6, 6.07) is 6.14. The highest BCUT2D eigenvalue weighted by atomic mass is 32.1. The Morgan fingerprint density at radius 3 is 2.45 bits per heavy atom. The van der Waals surface area contributed by atoms with Crippen LogP contribution in [0.2, 0.25) is 0 Å². The molecule has 3 nitrogen and oxygen atoms in total. The second kappa shape index (κ2) is 5.63. The Balaban J connectivity index is 2.17. The van der Waals surface area contributed by atoms with Crippen LogP contribution in [0.5, 0.6) is 0 Å². The van der Waals surface area contributed by atoms with Gasteiger partial charge in [0.05, 0.1) is 5.69 Å². The first-order valence-corrected chi connectivity index (χ1v) is 7.11. The monoisotopic (exact) mass is 293 g/mol. The first kappa shape index (κ1) is 14.5. The number of nitrogens with one attached hydrogen (secondary N) is 1. The van der Waals surface area contributed by atoms with E-state index < -0.39 is 11.7 Å². The van der Waals surface area contributed by atoms with Crippen molar-refractivity contribution in [1.29, 1.82) is 0 Å². The summed E-state index contributed by atoms with van der Waals surface area (Å²) in [6.45, 7) is 5.42. The van der Waals surface area contributed by atoms with Crippen LogP contribution < -0.4 is 5.32 Å². The van der Waals surface area contributed by atoms with Crippen LogP contribution >= 0.6 is 11.3 Å². The molecule has 2 aromatic rings. The minimum Gasteiger partial charge on any atom is -0.444 e. The van der Waals surface area contributed by atoms with Crippen molar-refractivity contribution in [1.82, 2.24) is 0 Å². The van der Waals surface area contributed by atoms with E-state index in [0.29, 0.717) is 5.69 Å². The summed E-state index contributed by atoms with van der Waals surface area (Å²) in [5.41, 5.74) is 1.81.